The number of aliphatic hydroxyl groups is 1. The van der Waals surface area contributed by atoms with Crippen molar-refractivity contribution in [3.8, 4) is 5.75 Å². The van der Waals surface area contributed by atoms with Crippen molar-refractivity contribution in [2.24, 2.45) is 0 Å². The Balaban J connectivity index is 1.82. The van der Waals surface area contributed by atoms with Crippen molar-refractivity contribution in [3.63, 3.8) is 0 Å². The first-order valence-electron chi connectivity index (χ1n) is 8.58. The molecule has 148 valence electrons. The number of carboxylic acids is 1. The van der Waals surface area contributed by atoms with Crippen molar-refractivity contribution >= 4 is 23.5 Å². The van der Waals surface area contributed by atoms with Gasteiger partial charge in [0, 0.05) is 19.0 Å². The maximum Gasteiger partial charge on any atom is 0.306 e. The topological polar surface area (TPSA) is 131 Å². The van der Waals surface area contributed by atoms with Gasteiger partial charge >= 0.3 is 11.9 Å². The van der Waals surface area contributed by atoms with Gasteiger partial charge in [-0.2, -0.15) is 0 Å². The molecule has 1 saturated heterocycles. The van der Waals surface area contributed by atoms with Gasteiger partial charge in [-0.05, 0) is 30.7 Å². The summed E-state index contributed by atoms with van der Waals surface area (Å²) in [5.74, 6) is -1.39. The van der Waals surface area contributed by atoms with Crippen LogP contribution in [-0.2, 0) is 23.9 Å². The average Bonchev–Trinajstić information content (AvgIpc) is 2.61. The zero-order chi connectivity index (χ0) is 19.8. The van der Waals surface area contributed by atoms with E-state index in [0.717, 1.165) is 0 Å². The molecule has 9 heteroatoms. The second-order valence-electron chi connectivity index (χ2n) is 6.15. The largest absolute Gasteiger partial charge is 0.481 e. The first-order chi connectivity index (χ1) is 12.8. The predicted octanol–water partition coefficient (Wildman–Crippen LogP) is 1.30. The molecule has 1 amide bonds. The lowest BCUT2D eigenvalue weighted by Crippen LogP contribution is -2.44. The molecule has 0 aromatic heterocycles. The number of amides is 1. The van der Waals surface area contributed by atoms with E-state index in [-0.39, 0.29) is 25.4 Å². The van der Waals surface area contributed by atoms with Gasteiger partial charge in [-0.25, -0.2) is 0 Å². The summed E-state index contributed by atoms with van der Waals surface area (Å²) < 4.78 is 16.3. The molecule has 9 nitrogen and oxygen atoms in total. The molecule has 0 saturated carbocycles. The van der Waals surface area contributed by atoms with Crippen LogP contribution in [0.25, 0.3) is 0 Å². The minimum Gasteiger partial charge on any atom is -0.481 e. The maximum absolute atomic E-state index is 11.5. The number of hydrogen-bond acceptors (Lipinski definition) is 7. The van der Waals surface area contributed by atoms with Crippen LogP contribution in [-0.4, -0.2) is 53.2 Å². The van der Waals surface area contributed by atoms with E-state index in [1.807, 2.05) is 0 Å². The quantitative estimate of drug-likeness (QED) is 0.574. The Bertz CT molecular complexity index is 660. The van der Waals surface area contributed by atoms with E-state index in [1.165, 1.54) is 6.92 Å². The van der Waals surface area contributed by atoms with Crippen LogP contribution < -0.4 is 10.1 Å². The molecule has 0 spiro atoms. The number of benzene rings is 1. The summed E-state index contributed by atoms with van der Waals surface area (Å²) in [5, 5.41) is 21.2. The lowest BCUT2D eigenvalue weighted by atomic mass is 10.1. The van der Waals surface area contributed by atoms with Gasteiger partial charge in [0.25, 0.3) is 0 Å². The van der Waals surface area contributed by atoms with Crippen LogP contribution >= 0.6 is 0 Å². The Labute approximate surface area is 156 Å². The van der Waals surface area contributed by atoms with E-state index in [0.29, 0.717) is 24.3 Å². The summed E-state index contributed by atoms with van der Waals surface area (Å²) in [5.41, 5.74) is 0.640. The fourth-order valence-corrected chi connectivity index (χ4v) is 2.51. The van der Waals surface area contributed by atoms with Crippen molar-refractivity contribution in [1.29, 1.82) is 0 Å². The summed E-state index contributed by atoms with van der Waals surface area (Å²) in [4.78, 5) is 33.0. The molecule has 1 aliphatic rings. The van der Waals surface area contributed by atoms with E-state index in [4.69, 9.17) is 19.3 Å². The normalized spacial score (nSPS) is 21.9. The number of anilines is 1. The Kier molecular flexibility index (Phi) is 7.56. The van der Waals surface area contributed by atoms with Crippen LogP contribution in [0.1, 0.15) is 32.6 Å². The fourth-order valence-electron chi connectivity index (χ4n) is 2.51. The number of ether oxygens (including phenoxy) is 3. The highest BCUT2D eigenvalue weighted by molar-refractivity contribution is 5.88. The van der Waals surface area contributed by atoms with Crippen molar-refractivity contribution in [1.82, 2.24) is 0 Å². The monoisotopic (exact) mass is 381 g/mol. The number of nitrogens with one attached hydrogen (secondary N) is 1. The maximum atomic E-state index is 11.5. The molecule has 1 aromatic carbocycles. The molecule has 1 aromatic rings. The van der Waals surface area contributed by atoms with Crippen LogP contribution in [0.4, 0.5) is 5.69 Å². The van der Waals surface area contributed by atoms with Crippen molar-refractivity contribution in [3.05, 3.63) is 24.3 Å². The van der Waals surface area contributed by atoms with Crippen molar-refractivity contribution in [2.45, 2.75) is 51.1 Å². The Morgan fingerprint density at radius 1 is 1.19 bits per heavy atom. The Morgan fingerprint density at radius 2 is 1.89 bits per heavy atom. The van der Waals surface area contributed by atoms with E-state index in [1.54, 1.807) is 24.3 Å². The second kappa shape index (κ2) is 9.89. The lowest BCUT2D eigenvalue weighted by molar-refractivity contribution is -0.203. The van der Waals surface area contributed by atoms with Gasteiger partial charge in [0.1, 0.15) is 18.5 Å². The summed E-state index contributed by atoms with van der Waals surface area (Å²) in [6.45, 7) is 1.24. The summed E-state index contributed by atoms with van der Waals surface area (Å²) in [6, 6.07) is 6.74. The summed E-state index contributed by atoms with van der Waals surface area (Å²) in [6.07, 6.45) is -1.87. The van der Waals surface area contributed by atoms with Gasteiger partial charge in [0.05, 0.1) is 18.9 Å². The van der Waals surface area contributed by atoms with Crippen LogP contribution in [0, 0.1) is 0 Å². The summed E-state index contributed by atoms with van der Waals surface area (Å²) in [7, 11) is 0. The van der Waals surface area contributed by atoms with Crippen molar-refractivity contribution < 1.29 is 38.8 Å². The number of carboxylic acid groups (broad SMARTS) is 1. The number of carbonyl (C=O) groups is 3. The lowest BCUT2D eigenvalue weighted by Gasteiger charge is -2.33. The highest BCUT2D eigenvalue weighted by Gasteiger charge is 2.32. The number of aliphatic hydroxyl groups excluding tert-OH is 1. The zero-order valence-corrected chi connectivity index (χ0v) is 14.9. The molecule has 1 heterocycles. The first-order valence-corrected chi connectivity index (χ1v) is 8.58. The van der Waals surface area contributed by atoms with E-state index >= 15 is 0 Å². The third kappa shape index (κ3) is 7.24. The van der Waals surface area contributed by atoms with Crippen LogP contribution in [0.3, 0.4) is 0 Å². The average molecular weight is 381 g/mol. The molecular formula is C18H23NO8. The number of hydrogen-bond donors (Lipinski definition) is 3. The molecule has 3 N–H and O–H groups in total. The molecule has 2 rings (SSSR count). The van der Waals surface area contributed by atoms with Gasteiger partial charge < -0.3 is 29.7 Å². The number of esters is 1. The van der Waals surface area contributed by atoms with E-state index < -0.39 is 30.4 Å². The molecule has 3 atom stereocenters. The number of aliphatic carboxylic acids is 1. The molecular weight excluding hydrogens is 358 g/mol. The predicted molar refractivity (Wildman–Crippen MR) is 93.1 cm³/mol. The van der Waals surface area contributed by atoms with E-state index in [2.05, 4.69) is 5.32 Å². The molecule has 27 heavy (non-hydrogen) atoms. The Hall–Kier alpha value is -2.65. The summed E-state index contributed by atoms with van der Waals surface area (Å²) >= 11 is 0. The Morgan fingerprint density at radius 3 is 2.52 bits per heavy atom. The molecule has 0 bridgehead atoms. The molecule has 1 fully saturated rings. The van der Waals surface area contributed by atoms with Crippen LogP contribution in [0.15, 0.2) is 24.3 Å². The SMILES string of the molecule is CC(=O)Nc1ccc(O[C@@H]2CC[C@H](O)[C@@H](COC(=O)CCC(=O)O)O2)cc1. The molecule has 0 radical (unpaired) electrons. The minimum absolute atomic E-state index is 0.172. The first kappa shape index (κ1) is 20.7. The highest BCUT2D eigenvalue weighted by atomic mass is 16.7. The second-order valence-corrected chi connectivity index (χ2v) is 6.15. The smallest absolute Gasteiger partial charge is 0.306 e. The standard InChI is InChI=1S/C18H23NO8/c1-11(20)19-12-2-4-13(5-3-12)26-18-9-6-14(21)15(27-18)10-25-17(24)8-7-16(22)23/h2-5,14-15,18,21H,6-10H2,1H3,(H,19,20)(H,22,23)/t14-,15+,18-/m0/s1. The van der Waals surface area contributed by atoms with Gasteiger partial charge in [0.2, 0.25) is 5.91 Å². The van der Waals surface area contributed by atoms with E-state index in [9.17, 15) is 19.5 Å². The van der Waals surface area contributed by atoms with Crippen LogP contribution in [0.5, 0.6) is 5.75 Å². The van der Waals surface area contributed by atoms with Crippen LogP contribution in [0.2, 0.25) is 0 Å². The number of carbonyl (C=O) groups excluding carboxylic acids is 2. The van der Waals surface area contributed by atoms with Gasteiger partial charge in [-0.1, -0.05) is 0 Å². The minimum atomic E-state index is -1.08. The molecule has 0 unspecified atom stereocenters. The highest BCUT2D eigenvalue weighted by Crippen LogP contribution is 2.24. The third-order valence-electron chi connectivity index (χ3n) is 3.85. The zero-order valence-electron chi connectivity index (χ0n) is 14.9. The molecule has 0 aliphatic carbocycles. The van der Waals surface area contributed by atoms with Gasteiger partial charge in [-0.3, -0.25) is 14.4 Å². The van der Waals surface area contributed by atoms with Gasteiger partial charge in [-0.15, -0.1) is 0 Å². The third-order valence-corrected chi connectivity index (χ3v) is 3.85. The van der Waals surface area contributed by atoms with Crippen molar-refractivity contribution in [2.75, 3.05) is 11.9 Å². The molecule has 1 aliphatic heterocycles. The number of rotatable bonds is 8. The fraction of sp³-hybridized carbons (Fsp3) is 0.500. The van der Waals surface area contributed by atoms with Gasteiger partial charge in [0.15, 0.2) is 6.29 Å².